The number of nitrogens with one attached hydrogen (secondary N) is 2. The highest BCUT2D eigenvalue weighted by Crippen LogP contribution is 2.34. The van der Waals surface area contributed by atoms with Crippen molar-refractivity contribution in [2.24, 2.45) is 0 Å². The molecule has 38 heavy (non-hydrogen) atoms. The zero-order chi connectivity index (χ0) is 26.1. The topological polar surface area (TPSA) is 90.6 Å². The molecule has 3 aromatic rings. The average molecular weight is 514 g/mol. The van der Waals surface area contributed by atoms with E-state index in [0.29, 0.717) is 51.0 Å². The second-order valence-electron chi connectivity index (χ2n) is 10.6. The SMILES string of the molecule is Cc1[nH]c2ncc(-c3ccc(C(=O)N4CCOCC4)cc3)cc2c1C1=CCN(C(=O)NC2CCCC2)CC1. The number of aryl methyl sites for hydroxylation is 1. The van der Waals surface area contributed by atoms with Crippen molar-refractivity contribution in [3.8, 4) is 11.1 Å². The molecular formula is C30H35N5O3. The first kappa shape index (κ1) is 24.7. The molecule has 3 amide bonds. The van der Waals surface area contributed by atoms with Gasteiger partial charge < -0.3 is 24.8 Å². The van der Waals surface area contributed by atoms with Gasteiger partial charge in [-0.05, 0) is 55.5 Å². The summed E-state index contributed by atoms with van der Waals surface area (Å²) in [5, 5.41) is 4.29. The number of benzene rings is 1. The van der Waals surface area contributed by atoms with E-state index in [9.17, 15) is 9.59 Å². The molecule has 0 atom stereocenters. The lowest BCUT2D eigenvalue weighted by molar-refractivity contribution is 0.0303. The summed E-state index contributed by atoms with van der Waals surface area (Å²) in [5.41, 5.74) is 7.12. The molecule has 198 valence electrons. The lowest BCUT2D eigenvalue weighted by atomic mass is 9.96. The number of hydrogen-bond acceptors (Lipinski definition) is 4. The number of hydrogen-bond donors (Lipinski definition) is 2. The Morgan fingerprint density at radius 3 is 2.50 bits per heavy atom. The summed E-state index contributed by atoms with van der Waals surface area (Å²) in [6, 6.07) is 10.4. The van der Waals surface area contributed by atoms with E-state index in [2.05, 4.69) is 29.4 Å². The zero-order valence-electron chi connectivity index (χ0n) is 22.0. The van der Waals surface area contributed by atoms with Crippen LogP contribution in [0.15, 0.2) is 42.6 Å². The minimum absolute atomic E-state index is 0.0483. The fourth-order valence-electron chi connectivity index (χ4n) is 5.94. The quantitative estimate of drug-likeness (QED) is 0.527. The predicted octanol–water partition coefficient (Wildman–Crippen LogP) is 4.75. The van der Waals surface area contributed by atoms with Gasteiger partial charge in [-0.3, -0.25) is 4.79 Å². The van der Waals surface area contributed by atoms with E-state index in [1.54, 1.807) is 0 Å². The third-order valence-corrected chi connectivity index (χ3v) is 8.10. The van der Waals surface area contributed by atoms with E-state index in [4.69, 9.17) is 9.72 Å². The van der Waals surface area contributed by atoms with Crippen LogP contribution in [0.1, 0.15) is 53.7 Å². The van der Waals surface area contributed by atoms with Gasteiger partial charge in [0.1, 0.15) is 5.65 Å². The zero-order valence-corrected chi connectivity index (χ0v) is 22.0. The number of aromatic amines is 1. The summed E-state index contributed by atoms with van der Waals surface area (Å²) in [6.45, 7) is 5.87. The summed E-state index contributed by atoms with van der Waals surface area (Å²) in [4.78, 5) is 37.5. The average Bonchev–Trinajstić information content (AvgIpc) is 3.59. The Hall–Kier alpha value is -3.65. The van der Waals surface area contributed by atoms with Crippen molar-refractivity contribution in [3.63, 3.8) is 0 Å². The minimum Gasteiger partial charge on any atom is -0.378 e. The molecule has 0 spiro atoms. The third kappa shape index (κ3) is 4.92. The molecule has 6 rings (SSSR count). The number of urea groups is 1. The van der Waals surface area contributed by atoms with Gasteiger partial charge in [-0.2, -0.15) is 0 Å². The number of carbonyl (C=O) groups excluding carboxylic acids is 2. The monoisotopic (exact) mass is 513 g/mol. The maximum atomic E-state index is 12.8. The van der Waals surface area contributed by atoms with E-state index in [0.717, 1.165) is 47.1 Å². The number of aromatic nitrogens is 2. The van der Waals surface area contributed by atoms with Gasteiger partial charge in [0.15, 0.2) is 0 Å². The Morgan fingerprint density at radius 2 is 1.79 bits per heavy atom. The molecule has 2 fully saturated rings. The molecule has 0 unspecified atom stereocenters. The fraction of sp³-hybridized carbons (Fsp3) is 0.433. The Bertz CT molecular complexity index is 1360. The molecule has 2 N–H and O–H groups in total. The minimum atomic E-state index is 0.0483. The van der Waals surface area contributed by atoms with Gasteiger partial charge in [0.05, 0.1) is 13.2 Å². The maximum Gasteiger partial charge on any atom is 0.317 e. The molecule has 1 aromatic carbocycles. The van der Waals surface area contributed by atoms with Crippen LogP contribution in [0.25, 0.3) is 27.7 Å². The highest BCUT2D eigenvalue weighted by atomic mass is 16.5. The van der Waals surface area contributed by atoms with Crippen molar-refractivity contribution in [2.75, 3.05) is 39.4 Å². The molecule has 4 heterocycles. The van der Waals surface area contributed by atoms with Crippen LogP contribution in [0.4, 0.5) is 4.79 Å². The van der Waals surface area contributed by atoms with Crippen LogP contribution in [0.5, 0.6) is 0 Å². The van der Waals surface area contributed by atoms with Crippen molar-refractivity contribution in [3.05, 3.63) is 59.4 Å². The van der Waals surface area contributed by atoms with Gasteiger partial charge in [-0.15, -0.1) is 0 Å². The summed E-state index contributed by atoms with van der Waals surface area (Å²) in [5.74, 6) is 0.0483. The van der Waals surface area contributed by atoms with E-state index in [1.165, 1.54) is 24.0 Å². The van der Waals surface area contributed by atoms with Crippen LogP contribution in [-0.2, 0) is 4.74 Å². The molecule has 8 heteroatoms. The van der Waals surface area contributed by atoms with Gasteiger partial charge in [-0.1, -0.05) is 31.1 Å². The number of carbonyl (C=O) groups is 2. The van der Waals surface area contributed by atoms with Crippen LogP contribution in [0.2, 0.25) is 0 Å². The molecular weight excluding hydrogens is 478 g/mol. The first-order valence-electron chi connectivity index (χ1n) is 13.8. The number of nitrogens with zero attached hydrogens (tertiary/aromatic N) is 3. The molecule has 8 nitrogen and oxygen atoms in total. The first-order valence-corrected chi connectivity index (χ1v) is 13.8. The molecule has 1 saturated carbocycles. The largest absolute Gasteiger partial charge is 0.378 e. The number of H-pyrrole nitrogens is 1. The lowest BCUT2D eigenvalue weighted by Crippen LogP contribution is -2.45. The Kier molecular flexibility index (Phi) is 6.89. The second kappa shape index (κ2) is 10.6. The van der Waals surface area contributed by atoms with Crippen molar-refractivity contribution in [2.45, 2.75) is 45.1 Å². The standard InChI is InChI=1S/C30H35N5O3/c1-20-27(22-10-12-35(13-11-22)30(37)33-25-4-2-3-5-25)26-18-24(19-31-28(26)32-20)21-6-8-23(9-7-21)29(36)34-14-16-38-17-15-34/h6-10,18-19,25H,2-5,11-17H2,1H3,(H,31,32)(H,33,37). The van der Waals surface area contributed by atoms with Gasteiger partial charge in [-0.25, -0.2) is 9.78 Å². The molecule has 0 bridgehead atoms. The summed E-state index contributed by atoms with van der Waals surface area (Å²) >= 11 is 0. The van der Waals surface area contributed by atoms with Gasteiger partial charge in [0, 0.05) is 66.2 Å². The lowest BCUT2D eigenvalue weighted by Gasteiger charge is -2.28. The van der Waals surface area contributed by atoms with Crippen LogP contribution in [0, 0.1) is 6.92 Å². The third-order valence-electron chi connectivity index (χ3n) is 8.10. The van der Waals surface area contributed by atoms with Crippen molar-refractivity contribution < 1.29 is 14.3 Å². The molecule has 2 aliphatic heterocycles. The van der Waals surface area contributed by atoms with Gasteiger partial charge >= 0.3 is 6.03 Å². The smallest absolute Gasteiger partial charge is 0.317 e. The van der Waals surface area contributed by atoms with E-state index in [1.807, 2.05) is 40.3 Å². The molecule has 1 aliphatic carbocycles. The van der Waals surface area contributed by atoms with Crippen LogP contribution in [-0.4, -0.2) is 77.1 Å². The van der Waals surface area contributed by atoms with Gasteiger partial charge in [0.25, 0.3) is 5.91 Å². The highest BCUT2D eigenvalue weighted by Gasteiger charge is 2.24. The molecule has 3 aliphatic rings. The van der Waals surface area contributed by atoms with Crippen molar-refractivity contribution >= 4 is 28.5 Å². The van der Waals surface area contributed by atoms with Crippen molar-refractivity contribution in [1.82, 2.24) is 25.1 Å². The van der Waals surface area contributed by atoms with Gasteiger partial charge in [0.2, 0.25) is 0 Å². The molecule has 1 saturated heterocycles. The van der Waals surface area contributed by atoms with Crippen LogP contribution < -0.4 is 5.32 Å². The fourth-order valence-corrected chi connectivity index (χ4v) is 5.94. The number of amides is 3. The summed E-state index contributed by atoms with van der Waals surface area (Å²) < 4.78 is 5.37. The Balaban J connectivity index is 1.20. The Labute approximate surface area is 223 Å². The van der Waals surface area contributed by atoms with E-state index < -0.39 is 0 Å². The predicted molar refractivity (Wildman–Crippen MR) is 148 cm³/mol. The number of rotatable bonds is 4. The first-order chi connectivity index (χ1) is 18.6. The summed E-state index contributed by atoms with van der Waals surface area (Å²) in [7, 11) is 0. The van der Waals surface area contributed by atoms with E-state index >= 15 is 0 Å². The van der Waals surface area contributed by atoms with Crippen molar-refractivity contribution in [1.29, 1.82) is 0 Å². The van der Waals surface area contributed by atoms with Crippen LogP contribution >= 0.6 is 0 Å². The second-order valence-corrected chi connectivity index (χ2v) is 10.6. The normalized spacial score (nSPS) is 18.6. The number of ether oxygens (including phenoxy) is 1. The Morgan fingerprint density at radius 1 is 1.03 bits per heavy atom. The highest BCUT2D eigenvalue weighted by molar-refractivity contribution is 5.96. The number of pyridine rings is 1. The number of morpholine rings is 1. The molecule has 2 aromatic heterocycles. The maximum absolute atomic E-state index is 12.8. The van der Waals surface area contributed by atoms with E-state index in [-0.39, 0.29) is 11.9 Å². The van der Waals surface area contributed by atoms with Crippen LogP contribution in [0.3, 0.4) is 0 Å². The molecule has 0 radical (unpaired) electrons. The summed E-state index contributed by atoms with van der Waals surface area (Å²) in [6.07, 6.45) is 9.49. The number of fused-ring (bicyclic) bond motifs is 1.